The van der Waals surface area contributed by atoms with Gasteiger partial charge >= 0.3 is 0 Å². The largest absolute Gasteiger partial charge is 0.379 e. The SMILES string of the molecule is CCCCCCCCCCC(O)NCC(C)C. The number of aliphatic hydroxyl groups excluding tert-OH is 1. The normalized spacial score (nSPS) is 13.2. The minimum atomic E-state index is -0.294. The number of unbranched alkanes of at least 4 members (excludes halogenated alkanes) is 7. The van der Waals surface area contributed by atoms with Gasteiger partial charge in [-0.25, -0.2) is 0 Å². The van der Waals surface area contributed by atoms with Gasteiger partial charge in [0.25, 0.3) is 0 Å². The van der Waals surface area contributed by atoms with Crippen LogP contribution in [-0.4, -0.2) is 17.9 Å². The van der Waals surface area contributed by atoms with Gasteiger partial charge in [-0.1, -0.05) is 65.7 Å². The molecule has 1 unspecified atom stereocenters. The van der Waals surface area contributed by atoms with Gasteiger partial charge in [0.05, 0.1) is 0 Å². The smallest absolute Gasteiger partial charge is 0.104 e. The Bertz CT molecular complexity index is 148. The van der Waals surface area contributed by atoms with E-state index in [2.05, 4.69) is 26.1 Å². The molecule has 0 bridgehead atoms. The molecule has 2 heteroatoms. The van der Waals surface area contributed by atoms with E-state index in [1.165, 1.54) is 44.9 Å². The van der Waals surface area contributed by atoms with Gasteiger partial charge in [-0.05, 0) is 25.3 Å². The van der Waals surface area contributed by atoms with E-state index in [0.717, 1.165) is 19.4 Å². The first-order chi connectivity index (χ1) is 8.16. The molecule has 1 atom stereocenters. The van der Waals surface area contributed by atoms with Gasteiger partial charge < -0.3 is 5.11 Å². The summed E-state index contributed by atoms with van der Waals surface area (Å²) in [6.07, 6.45) is 11.2. The Labute approximate surface area is 108 Å². The number of rotatable bonds is 12. The van der Waals surface area contributed by atoms with Gasteiger partial charge in [0.1, 0.15) is 6.23 Å². The number of aliphatic hydroxyl groups is 1. The van der Waals surface area contributed by atoms with E-state index in [1.807, 2.05) is 0 Å². The van der Waals surface area contributed by atoms with Crippen LogP contribution in [0.3, 0.4) is 0 Å². The highest BCUT2D eigenvalue weighted by Gasteiger charge is 2.03. The molecule has 104 valence electrons. The van der Waals surface area contributed by atoms with Crippen LogP contribution in [0.5, 0.6) is 0 Å². The third kappa shape index (κ3) is 13.9. The molecule has 17 heavy (non-hydrogen) atoms. The van der Waals surface area contributed by atoms with E-state index in [0.29, 0.717) is 5.92 Å². The molecule has 0 heterocycles. The Hall–Kier alpha value is -0.0800. The molecule has 0 aliphatic heterocycles. The summed E-state index contributed by atoms with van der Waals surface area (Å²) in [7, 11) is 0. The average Bonchev–Trinajstić information content (AvgIpc) is 2.30. The van der Waals surface area contributed by atoms with Gasteiger partial charge in [0, 0.05) is 0 Å². The maximum atomic E-state index is 9.66. The Balaban J connectivity index is 3.11. The van der Waals surface area contributed by atoms with E-state index < -0.39 is 0 Å². The number of hydrogen-bond acceptors (Lipinski definition) is 2. The summed E-state index contributed by atoms with van der Waals surface area (Å²) < 4.78 is 0. The highest BCUT2D eigenvalue weighted by Crippen LogP contribution is 2.10. The Morgan fingerprint density at radius 2 is 1.41 bits per heavy atom. The summed E-state index contributed by atoms with van der Waals surface area (Å²) in [5.41, 5.74) is 0. The molecule has 0 aliphatic carbocycles. The second-order valence-corrected chi connectivity index (χ2v) is 5.58. The van der Waals surface area contributed by atoms with E-state index in [-0.39, 0.29) is 6.23 Å². The molecule has 0 aromatic carbocycles. The fourth-order valence-corrected chi connectivity index (χ4v) is 1.95. The van der Waals surface area contributed by atoms with Crippen LogP contribution in [0.4, 0.5) is 0 Å². The summed E-state index contributed by atoms with van der Waals surface area (Å²) in [5.74, 6) is 0.614. The van der Waals surface area contributed by atoms with Crippen molar-refractivity contribution in [2.75, 3.05) is 6.54 Å². The zero-order valence-electron chi connectivity index (χ0n) is 12.2. The highest BCUT2D eigenvalue weighted by atomic mass is 16.3. The molecular formula is C15H33NO. The standard InChI is InChI=1S/C15H33NO/c1-4-5-6-7-8-9-10-11-12-15(17)16-13-14(2)3/h14-17H,4-13H2,1-3H3. The van der Waals surface area contributed by atoms with Crippen molar-refractivity contribution in [2.45, 2.75) is 84.8 Å². The molecule has 0 aromatic heterocycles. The first-order valence-electron chi connectivity index (χ1n) is 7.58. The van der Waals surface area contributed by atoms with Crippen LogP contribution >= 0.6 is 0 Å². The van der Waals surface area contributed by atoms with Crippen molar-refractivity contribution >= 4 is 0 Å². The van der Waals surface area contributed by atoms with Crippen LogP contribution in [-0.2, 0) is 0 Å². The summed E-state index contributed by atoms with van der Waals surface area (Å²) in [5, 5.41) is 12.8. The van der Waals surface area contributed by atoms with Gasteiger partial charge in [0.2, 0.25) is 0 Å². The van der Waals surface area contributed by atoms with E-state index in [1.54, 1.807) is 0 Å². The van der Waals surface area contributed by atoms with Gasteiger partial charge in [0.15, 0.2) is 0 Å². The zero-order valence-corrected chi connectivity index (χ0v) is 12.2. The minimum Gasteiger partial charge on any atom is -0.379 e. The van der Waals surface area contributed by atoms with Crippen molar-refractivity contribution in [1.82, 2.24) is 5.32 Å². The Kier molecular flexibility index (Phi) is 12.3. The van der Waals surface area contributed by atoms with E-state index >= 15 is 0 Å². The predicted molar refractivity (Wildman–Crippen MR) is 76.1 cm³/mol. The quantitative estimate of drug-likeness (QED) is 0.400. The Morgan fingerprint density at radius 3 is 1.94 bits per heavy atom. The molecule has 2 nitrogen and oxygen atoms in total. The summed E-state index contributed by atoms with van der Waals surface area (Å²) in [6.45, 7) is 7.50. The first kappa shape index (κ1) is 16.9. The summed E-state index contributed by atoms with van der Waals surface area (Å²) >= 11 is 0. The van der Waals surface area contributed by atoms with Gasteiger partial charge in [-0.2, -0.15) is 0 Å². The van der Waals surface area contributed by atoms with Crippen LogP contribution in [0.15, 0.2) is 0 Å². The van der Waals surface area contributed by atoms with Crippen molar-refractivity contribution in [1.29, 1.82) is 0 Å². The lowest BCUT2D eigenvalue weighted by atomic mass is 10.1. The van der Waals surface area contributed by atoms with Crippen molar-refractivity contribution in [3.63, 3.8) is 0 Å². The monoisotopic (exact) mass is 243 g/mol. The lowest BCUT2D eigenvalue weighted by Crippen LogP contribution is -2.31. The molecule has 0 amide bonds. The third-order valence-corrected chi connectivity index (χ3v) is 3.09. The molecule has 0 radical (unpaired) electrons. The van der Waals surface area contributed by atoms with Crippen molar-refractivity contribution in [2.24, 2.45) is 5.92 Å². The summed E-state index contributed by atoms with van der Waals surface area (Å²) in [4.78, 5) is 0. The molecule has 0 saturated carbocycles. The second-order valence-electron chi connectivity index (χ2n) is 5.58. The van der Waals surface area contributed by atoms with Crippen molar-refractivity contribution in [3.8, 4) is 0 Å². The lowest BCUT2D eigenvalue weighted by Gasteiger charge is -2.14. The summed E-state index contributed by atoms with van der Waals surface area (Å²) in [6, 6.07) is 0. The average molecular weight is 243 g/mol. The number of hydrogen-bond donors (Lipinski definition) is 2. The maximum absolute atomic E-state index is 9.66. The molecule has 2 N–H and O–H groups in total. The fraction of sp³-hybridized carbons (Fsp3) is 1.00. The molecule has 0 fully saturated rings. The van der Waals surface area contributed by atoms with Gasteiger partial charge in [-0.15, -0.1) is 0 Å². The topological polar surface area (TPSA) is 32.3 Å². The molecule has 0 aliphatic rings. The minimum absolute atomic E-state index is 0.294. The van der Waals surface area contributed by atoms with Crippen LogP contribution in [0, 0.1) is 5.92 Å². The number of nitrogens with one attached hydrogen (secondary N) is 1. The third-order valence-electron chi connectivity index (χ3n) is 3.09. The molecular weight excluding hydrogens is 210 g/mol. The van der Waals surface area contributed by atoms with Crippen molar-refractivity contribution < 1.29 is 5.11 Å². The van der Waals surface area contributed by atoms with Crippen LogP contribution in [0.1, 0.15) is 78.6 Å². The molecule has 0 spiro atoms. The highest BCUT2D eigenvalue weighted by molar-refractivity contribution is 4.56. The van der Waals surface area contributed by atoms with Crippen LogP contribution in [0.2, 0.25) is 0 Å². The zero-order chi connectivity index (χ0) is 12.9. The first-order valence-corrected chi connectivity index (χ1v) is 7.58. The fourth-order valence-electron chi connectivity index (χ4n) is 1.95. The van der Waals surface area contributed by atoms with Gasteiger partial charge in [-0.3, -0.25) is 5.32 Å². The lowest BCUT2D eigenvalue weighted by molar-refractivity contribution is 0.120. The van der Waals surface area contributed by atoms with E-state index in [4.69, 9.17) is 0 Å². The van der Waals surface area contributed by atoms with E-state index in [9.17, 15) is 5.11 Å². The molecule has 0 saturated heterocycles. The molecule has 0 rings (SSSR count). The maximum Gasteiger partial charge on any atom is 0.104 e. The van der Waals surface area contributed by atoms with Crippen LogP contribution < -0.4 is 5.32 Å². The predicted octanol–water partition coefficient (Wildman–Crippen LogP) is 4.08. The van der Waals surface area contributed by atoms with Crippen molar-refractivity contribution in [3.05, 3.63) is 0 Å². The second kappa shape index (κ2) is 12.4. The molecule has 0 aromatic rings. The Morgan fingerprint density at radius 1 is 0.882 bits per heavy atom. The van der Waals surface area contributed by atoms with Crippen LogP contribution in [0.25, 0.3) is 0 Å².